The van der Waals surface area contributed by atoms with Crippen LogP contribution >= 0.6 is 0 Å². The van der Waals surface area contributed by atoms with E-state index in [9.17, 15) is 9.18 Å². The van der Waals surface area contributed by atoms with E-state index < -0.39 is 5.92 Å². The van der Waals surface area contributed by atoms with Crippen LogP contribution in [-0.4, -0.2) is 21.3 Å². The summed E-state index contributed by atoms with van der Waals surface area (Å²) in [5.74, 6) is -0.802. The Morgan fingerprint density at radius 2 is 2.08 bits per heavy atom. The van der Waals surface area contributed by atoms with E-state index in [4.69, 9.17) is 0 Å². The number of amides is 1. The fourth-order valence-electron chi connectivity index (χ4n) is 3.11. The highest BCUT2D eigenvalue weighted by Crippen LogP contribution is 2.30. The van der Waals surface area contributed by atoms with Crippen LogP contribution in [0.5, 0.6) is 0 Å². The molecule has 0 aliphatic carbocycles. The van der Waals surface area contributed by atoms with Gasteiger partial charge in [0, 0.05) is 30.8 Å². The first-order valence-corrected chi connectivity index (χ1v) is 8.97. The van der Waals surface area contributed by atoms with Crippen molar-refractivity contribution in [1.29, 1.82) is 0 Å². The van der Waals surface area contributed by atoms with Gasteiger partial charge in [-0.1, -0.05) is 25.1 Å². The number of hydrogen-bond donors (Lipinski definition) is 1. The SMILES string of the molecule is CCC(C)NC(=O)CC(c1ccccc1F)c1cnc2cc(C)ccn12. The summed E-state index contributed by atoms with van der Waals surface area (Å²) in [6.07, 6.45) is 4.69. The van der Waals surface area contributed by atoms with Crippen molar-refractivity contribution in [3.63, 3.8) is 0 Å². The molecule has 5 heteroatoms. The van der Waals surface area contributed by atoms with Gasteiger partial charge in [-0.2, -0.15) is 0 Å². The molecule has 26 heavy (non-hydrogen) atoms. The number of halogens is 1. The summed E-state index contributed by atoms with van der Waals surface area (Å²) in [5.41, 5.74) is 3.22. The Morgan fingerprint density at radius 3 is 2.81 bits per heavy atom. The first kappa shape index (κ1) is 18.1. The molecule has 4 nitrogen and oxygen atoms in total. The molecule has 2 unspecified atom stereocenters. The molecule has 0 aliphatic heterocycles. The molecule has 0 radical (unpaired) electrons. The number of imidazole rings is 1. The Labute approximate surface area is 153 Å². The van der Waals surface area contributed by atoms with E-state index in [-0.39, 0.29) is 24.2 Å². The highest BCUT2D eigenvalue weighted by molar-refractivity contribution is 5.77. The summed E-state index contributed by atoms with van der Waals surface area (Å²) < 4.78 is 16.4. The summed E-state index contributed by atoms with van der Waals surface area (Å²) in [6, 6.07) is 10.7. The minimum atomic E-state index is -0.405. The third-order valence-corrected chi connectivity index (χ3v) is 4.74. The highest BCUT2D eigenvalue weighted by Gasteiger charge is 2.24. The van der Waals surface area contributed by atoms with Gasteiger partial charge in [0.15, 0.2) is 0 Å². The lowest BCUT2D eigenvalue weighted by Gasteiger charge is -2.19. The summed E-state index contributed by atoms with van der Waals surface area (Å²) in [4.78, 5) is 17.0. The largest absolute Gasteiger partial charge is 0.354 e. The maximum Gasteiger partial charge on any atom is 0.221 e. The molecule has 0 aliphatic rings. The van der Waals surface area contributed by atoms with Crippen LogP contribution in [0.25, 0.3) is 5.65 Å². The highest BCUT2D eigenvalue weighted by atomic mass is 19.1. The Bertz CT molecular complexity index is 919. The molecular weight excluding hydrogens is 329 g/mol. The number of nitrogens with one attached hydrogen (secondary N) is 1. The van der Waals surface area contributed by atoms with E-state index in [1.165, 1.54) is 6.07 Å². The van der Waals surface area contributed by atoms with E-state index in [1.54, 1.807) is 24.4 Å². The maximum atomic E-state index is 14.5. The third kappa shape index (κ3) is 3.77. The van der Waals surface area contributed by atoms with Gasteiger partial charge in [0.05, 0.1) is 5.69 Å². The van der Waals surface area contributed by atoms with Crippen LogP contribution in [0.4, 0.5) is 4.39 Å². The maximum absolute atomic E-state index is 14.5. The second kappa shape index (κ2) is 7.68. The number of aryl methyl sites for hydroxylation is 1. The molecule has 0 saturated heterocycles. The average Bonchev–Trinajstić information content (AvgIpc) is 3.03. The second-order valence-corrected chi connectivity index (χ2v) is 6.77. The molecule has 3 rings (SSSR count). The standard InChI is InChI=1S/C21H24FN3O/c1-4-15(3)24-21(26)12-17(16-7-5-6-8-18(16)22)19-13-23-20-11-14(2)9-10-25(19)20/h5-11,13,15,17H,4,12H2,1-3H3,(H,24,26). The van der Waals surface area contributed by atoms with Crippen molar-refractivity contribution >= 4 is 11.6 Å². The van der Waals surface area contributed by atoms with Gasteiger partial charge in [0.2, 0.25) is 5.91 Å². The topological polar surface area (TPSA) is 46.4 Å². The Kier molecular flexibility index (Phi) is 5.35. The fourth-order valence-corrected chi connectivity index (χ4v) is 3.11. The van der Waals surface area contributed by atoms with E-state index >= 15 is 0 Å². The Hall–Kier alpha value is -2.69. The molecule has 0 bridgehead atoms. The summed E-state index contributed by atoms with van der Waals surface area (Å²) in [7, 11) is 0. The molecule has 0 spiro atoms. The molecule has 0 saturated carbocycles. The average molecular weight is 353 g/mol. The molecule has 136 valence electrons. The normalized spacial score (nSPS) is 13.5. The van der Waals surface area contributed by atoms with Crippen molar-refractivity contribution in [3.05, 3.63) is 71.4 Å². The number of aromatic nitrogens is 2. The number of hydrogen-bond acceptors (Lipinski definition) is 2. The number of pyridine rings is 1. The van der Waals surface area contributed by atoms with E-state index in [0.29, 0.717) is 5.56 Å². The zero-order chi connectivity index (χ0) is 18.7. The molecule has 3 aromatic rings. The van der Waals surface area contributed by atoms with Gasteiger partial charge in [-0.15, -0.1) is 0 Å². The van der Waals surface area contributed by atoms with Gasteiger partial charge in [0.25, 0.3) is 0 Å². The Morgan fingerprint density at radius 1 is 1.31 bits per heavy atom. The molecule has 1 amide bonds. The first-order chi connectivity index (χ1) is 12.5. The van der Waals surface area contributed by atoms with E-state index in [1.807, 2.05) is 43.5 Å². The molecule has 2 heterocycles. The fraction of sp³-hybridized carbons (Fsp3) is 0.333. The van der Waals surface area contributed by atoms with Gasteiger partial charge in [0.1, 0.15) is 11.5 Å². The van der Waals surface area contributed by atoms with Crippen LogP contribution in [0.2, 0.25) is 0 Å². The molecule has 1 aromatic carbocycles. The van der Waals surface area contributed by atoms with Gasteiger partial charge in [-0.25, -0.2) is 9.37 Å². The molecule has 1 N–H and O–H groups in total. The summed E-state index contributed by atoms with van der Waals surface area (Å²) >= 11 is 0. The zero-order valence-electron chi connectivity index (χ0n) is 15.4. The number of nitrogens with zero attached hydrogens (tertiary/aromatic N) is 2. The first-order valence-electron chi connectivity index (χ1n) is 8.97. The van der Waals surface area contributed by atoms with Gasteiger partial charge >= 0.3 is 0 Å². The van der Waals surface area contributed by atoms with Crippen molar-refractivity contribution < 1.29 is 9.18 Å². The molecule has 2 atom stereocenters. The van der Waals surface area contributed by atoms with E-state index in [0.717, 1.165) is 23.3 Å². The van der Waals surface area contributed by atoms with Gasteiger partial charge in [-0.3, -0.25) is 4.79 Å². The van der Waals surface area contributed by atoms with Crippen LogP contribution in [-0.2, 0) is 4.79 Å². The predicted molar refractivity (Wildman–Crippen MR) is 101 cm³/mol. The minimum Gasteiger partial charge on any atom is -0.354 e. The molecule has 0 fully saturated rings. The lowest BCUT2D eigenvalue weighted by Crippen LogP contribution is -2.33. The lowest BCUT2D eigenvalue weighted by molar-refractivity contribution is -0.121. The monoisotopic (exact) mass is 353 g/mol. The van der Waals surface area contributed by atoms with Crippen molar-refractivity contribution in [2.75, 3.05) is 0 Å². The zero-order valence-corrected chi connectivity index (χ0v) is 15.4. The van der Waals surface area contributed by atoms with Crippen molar-refractivity contribution in [1.82, 2.24) is 14.7 Å². The number of fused-ring (bicyclic) bond motifs is 1. The second-order valence-electron chi connectivity index (χ2n) is 6.77. The van der Waals surface area contributed by atoms with Crippen LogP contribution in [0, 0.1) is 12.7 Å². The summed E-state index contributed by atoms with van der Waals surface area (Å²) in [5, 5.41) is 2.98. The quantitative estimate of drug-likeness (QED) is 0.721. The number of benzene rings is 1. The minimum absolute atomic E-state index is 0.0883. The van der Waals surface area contributed by atoms with Gasteiger partial charge in [-0.05, 0) is 49.6 Å². The number of carbonyl (C=O) groups excluding carboxylic acids is 1. The van der Waals surface area contributed by atoms with Crippen LogP contribution in [0.3, 0.4) is 0 Å². The van der Waals surface area contributed by atoms with Crippen LogP contribution < -0.4 is 5.32 Å². The Balaban J connectivity index is 2.02. The molecule has 2 aromatic heterocycles. The smallest absolute Gasteiger partial charge is 0.221 e. The third-order valence-electron chi connectivity index (χ3n) is 4.74. The van der Waals surface area contributed by atoms with Crippen LogP contribution in [0.1, 0.15) is 49.4 Å². The van der Waals surface area contributed by atoms with Crippen molar-refractivity contribution in [2.45, 2.75) is 45.6 Å². The predicted octanol–water partition coefficient (Wildman–Crippen LogP) is 4.22. The molecular formula is C21H24FN3O. The number of carbonyl (C=O) groups is 1. The number of rotatable bonds is 6. The van der Waals surface area contributed by atoms with Crippen LogP contribution in [0.15, 0.2) is 48.8 Å². The summed E-state index contributed by atoms with van der Waals surface area (Å²) in [6.45, 7) is 5.99. The van der Waals surface area contributed by atoms with Crippen molar-refractivity contribution in [2.24, 2.45) is 0 Å². The van der Waals surface area contributed by atoms with Crippen molar-refractivity contribution in [3.8, 4) is 0 Å². The van der Waals surface area contributed by atoms with Gasteiger partial charge < -0.3 is 9.72 Å². The lowest BCUT2D eigenvalue weighted by atomic mass is 9.91. The van der Waals surface area contributed by atoms with E-state index in [2.05, 4.69) is 10.3 Å².